The number of aryl methyl sites for hydroxylation is 1. The second-order valence-electron chi connectivity index (χ2n) is 6.54. The molecular formula is C19H28ClN3O6. The predicted molar refractivity (Wildman–Crippen MR) is 110 cm³/mol. The number of benzene rings is 1. The first-order valence-corrected chi connectivity index (χ1v) is 9.56. The van der Waals surface area contributed by atoms with Crippen LogP contribution in [-0.2, 0) is 14.4 Å². The van der Waals surface area contributed by atoms with Crippen molar-refractivity contribution in [2.75, 3.05) is 45.2 Å². The molecule has 1 fully saturated rings. The van der Waals surface area contributed by atoms with Crippen LogP contribution in [0, 0.1) is 6.92 Å². The van der Waals surface area contributed by atoms with Crippen molar-refractivity contribution < 1.29 is 29.3 Å². The van der Waals surface area contributed by atoms with E-state index >= 15 is 0 Å². The Morgan fingerprint density at radius 1 is 1.17 bits per heavy atom. The Morgan fingerprint density at radius 2 is 1.72 bits per heavy atom. The lowest BCUT2D eigenvalue weighted by molar-refractivity contribution is -0.159. The molecule has 0 bridgehead atoms. The largest absolute Gasteiger partial charge is 0.495 e. The summed E-state index contributed by atoms with van der Waals surface area (Å²) in [4.78, 5) is 35.1. The van der Waals surface area contributed by atoms with Crippen molar-refractivity contribution >= 4 is 35.1 Å². The van der Waals surface area contributed by atoms with Crippen LogP contribution in [0.1, 0.15) is 19.4 Å². The second-order valence-corrected chi connectivity index (χ2v) is 6.94. The van der Waals surface area contributed by atoms with Crippen molar-refractivity contribution in [3.63, 3.8) is 0 Å². The molecule has 3 N–H and O–H groups in total. The Balaban J connectivity index is 0.000000612. The summed E-state index contributed by atoms with van der Waals surface area (Å²) in [6, 6.07) is 3.38. The van der Waals surface area contributed by atoms with E-state index in [0.29, 0.717) is 10.8 Å². The summed E-state index contributed by atoms with van der Waals surface area (Å²) in [5.41, 5.74) is 1.74. The number of nitrogens with zero attached hydrogens (tertiary/aromatic N) is 2. The predicted octanol–water partition coefficient (Wildman–Crippen LogP) is 1.78. The zero-order valence-electron chi connectivity index (χ0n) is 17.1. The molecule has 0 spiro atoms. The van der Waals surface area contributed by atoms with Gasteiger partial charge in [0.2, 0.25) is 5.91 Å². The standard InChI is InChI=1S/C17H26ClN3O2.C2H2O4/c1-5-20-6-8-21(9-7-20)17(22)13(3)19-15-10-12(2)14(18)11-16(15)23-4;3-1(4)2(5)6/h10-11,13,19H,5-9H2,1-4H3;(H,3,4)(H,5,6). The van der Waals surface area contributed by atoms with E-state index in [1.165, 1.54) is 0 Å². The van der Waals surface area contributed by atoms with Crippen LogP contribution in [0.25, 0.3) is 0 Å². The minimum atomic E-state index is -1.82. The first-order valence-electron chi connectivity index (χ1n) is 9.18. The lowest BCUT2D eigenvalue weighted by atomic mass is 10.1. The van der Waals surface area contributed by atoms with Crippen LogP contribution in [0.15, 0.2) is 12.1 Å². The molecule has 1 heterocycles. The number of nitrogens with one attached hydrogen (secondary N) is 1. The van der Waals surface area contributed by atoms with E-state index in [9.17, 15) is 4.79 Å². The van der Waals surface area contributed by atoms with Gasteiger partial charge in [-0.15, -0.1) is 0 Å². The summed E-state index contributed by atoms with van der Waals surface area (Å²) in [5.74, 6) is -2.88. The molecule has 0 radical (unpaired) electrons. The molecule has 29 heavy (non-hydrogen) atoms. The Hall–Kier alpha value is -2.52. The van der Waals surface area contributed by atoms with Crippen molar-refractivity contribution in [2.45, 2.75) is 26.8 Å². The topological polar surface area (TPSA) is 119 Å². The van der Waals surface area contributed by atoms with Crippen LogP contribution in [0.2, 0.25) is 5.02 Å². The molecule has 2 rings (SSSR count). The van der Waals surface area contributed by atoms with E-state index in [-0.39, 0.29) is 11.9 Å². The van der Waals surface area contributed by atoms with Crippen LogP contribution < -0.4 is 10.1 Å². The van der Waals surface area contributed by atoms with Crippen molar-refractivity contribution in [3.05, 3.63) is 22.7 Å². The van der Waals surface area contributed by atoms with Gasteiger partial charge in [0.15, 0.2) is 0 Å². The third kappa shape index (κ3) is 7.43. The smallest absolute Gasteiger partial charge is 0.414 e. The van der Waals surface area contributed by atoms with E-state index in [1.54, 1.807) is 13.2 Å². The van der Waals surface area contributed by atoms with Gasteiger partial charge in [0.05, 0.1) is 12.8 Å². The number of anilines is 1. The van der Waals surface area contributed by atoms with Crippen LogP contribution in [0.4, 0.5) is 5.69 Å². The van der Waals surface area contributed by atoms with Crippen molar-refractivity contribution in [1.82, 2.24) is 9.80 Å². The normalized spacial score (nSPS) is 15.0. The van der Waals surface area contributed by atoms with Gasteiger partial charge in [-0.3, -0.25) is 4.79 Å². The van der Waals surface area contributed by atoms with Gasteiger partial charge < -0.3 is 30.1 Å². The van der Waals surface area contributed by atoms with Crippen molar-refractivity contribution in [2.24, 2.45) is 0 Å². The number of aliphatic carboxylic acids is 2. The highest BCUT2D eigenvalue weighted by Crippen LogP contribution is 2.31. The van der Waals surface area contributed by atoms with E-state index in [0.717, 1.165) is 44.0 Å². The Labute approximate surface area is 175 Å². The maximum atomic E-state index is 12.6. The number of hydrogen-bond acceptors (Lipinski definition) is 6. The molecule has 1 aliphatic rings. The number of carbonyl (C=O) groups is 3. The molecule has 1 aliphatic heterocycles. The van der Waals surface area contributed by atoms with E-state index < -0.39 is 11.9 Å². The molecule has 0 aromatic heterocycles. The van der Waals surface area contributed by atoms with Gasteiger partial charge in [-0.2, -0.15) is 0 Å². The zero-order valence-corrected chi connectivity index (χ0v) is 17.8. The molecule has 1 aromatic carbocycles. The Morgan fingerprint density at radius 3 is 2.17 bits per heavy atom. The van der Waals surface area contributed by atoms with E-state index in [4.69, 9.17) is 36.1 Å². The van der Waals surface area contributed by atoms with E-state index in [2.05, 4.69) is 17.1 Å². The summed E-state index contributed by atoms with van der Waals surface area (Å²) < 4.78 is 5.36. The number of carboxylic acids is 2. The minimum absolute atomic E-state index is 0.121. The van der Waals surface area contributed by atoms with E-state index in [1.807, 2.05) is 24.8 Å². The molecule has 1 atom stereocenters. The van der Waals surface area contributed by atoms with Crippen LogP contribution in [-0.4, -0.2) is 83.7 Å². The average Bonchev–Trinajstić information content (AvgIpc) is 2.70. The van der Waals surface area contributed by atoms with Gasteiger partial charge >= 0.3 is 11.9 Å². The maximum absolute atomic E-state index is 12.6. The highest BCUT2D eigenvalue weighted by Gasteiger charge is 2.25. The number of halogens is 1. The number of carboxylic acid groups (broad SMARTS) is 2. The zero-order chi connectivity index (χ0) is 22.1. The molecule has 1 saturated heterocycles. The number of methoxy groups -OCH3 is 1. The first-order chi connectivity index (χ1) is 13.6. The number of amides is 1. The molecular weight excluding hydrogens is 402 g/mol. The monoisotopic (exact) mass is 429 g/mol. The molecule has 1 aromatic rings. The average molecular weight is 430 g/mol. The van der Waals surface area contributed by atoms with Crippen LogP contribution in [0.3, 0.4) is 0 Å². The third-order valence-electron chi connectivity index (χ3n) is 4.54. The number of piperazine rings is 1. The van der Waals surface area contributed by atoms with Crippen molar-refractivity contribution in [1.29, 1.82) is 0 Å². The number of hydrogen-bond donors (Lipinski definition) is 3. The van der Waals surface area contributed by atoms with Gasteiger partial charge in [-0.1, -0.05) is 18.5 Å². The molecule has 0 aliphatic carbocycles. The van der Waals surface area contributed by atoms with Crippen LogP contribution in [0.5, 0.6) is 5.75 Å². The highest BCUT2D eigenvalue weighted by atomic mass is 35.5. The van der Waals surface area contributed by atoms with Gasteiger partial charge in [0.25, 0.3) is 0 Å². The highest BCUT2D eigenvalue weighted by molar-refractivity contribution is 6.31. The molecule has 10 heteroatoms. The summed E-state index contributed by atoms with van der Waals surface area (Å²) in [7, 11) is 1.60. The molecule has 0 saturated carbocycles. The maximum Gasteiger partial charge on any atom is 0.414 e. The fourth-order valence-corrected chi connectivity index (χ4v) is 2.95. The Kier molecular flexibility index (Phi) is 9.70. The summed E-state index contributed by atoms with van der Waals surface area (Å²) in [6.45, 7) is 10.5. The minimum Gasteiger partial charge on any atom is -0.495 e. The molecule has 1 unspecified atom stereocenters. The molecule has 162 valence electrons. The number of carbonyl (C=O) groups excluding carboxylic acids is 1. The van der Waals surface area contributed by atoms with Gasteiger partial charge in [-0.25, -0.2) is 9.59 Å². The van der Waals surface area contributed by atoms with Gasteiger partial charge in [-0.05, 0) is 32.0 Å². The fourth-order valence-electron chi connectivity index (χ4n) is 2.80. The molecule has 1 amide bonds. The summed E-state index contributed by atoms with van der Waals surface area (Å²) >= 11 is 6.13. The summed E-state index contributed by atoms with van der Waals surface area (Å²) in [6.07, 6.45) is 0. The Bertz CT molecular complexity index is 723. The lowest BCUT2D eigenvalue weighted by Gasteiger charge is -2.35. The van der Waals surface area contributed by atoms with Gasteiger partial charge in [0.1, 0.15) is 11.8 Å². The van der Waals surface area contributed by atoms with Crippen LogP contribution >= 0.6 is 11.6 Å². The third-order valence-corrected chi connectivity index (χ3v) is 4.94. The number of ether oxygens (including phenoxy) is 1. The van der Waals surface area contributed by atoms with Crippen molar-refractivity contribution in [3.8, 4) is 5.75 Å². The fraction of sp³-hybridized carbons (Fsp3) is 0.526. The first kappa shape index (κ1) is 24.5. The summed E-state index contributed by atoms with van der Waals surface area (Å²) in [5, 5.41) is 18.7. The van der Waals surface area contributed by atoms with Gasteiger partial charge in [0, 0.05) is 37.3 Å². The second kappa shape index (κ2) is 11.5. The number of likely N-dealkylation sites (N-methyl/N-ethyl adjacent to an activating group) is 1. The molecule has 9 nitrogen and oxygen atoms in total. The quantitative estimate of drug-likeness (QED) is 0.606. The lowest BCUT2D eigenvalue weighted by Crippen LogP contribution is -2.52. The number of rotatable bonds is 5. The SMILES string of the molecule is CCN1CCN(C(=O)C(C)Nc2cc(C)c(Cl)cc2OC)CC1.O=C(O)C(=O)O.